The Hall–Kier alpha value is -0.980. The minimum absolute atomic E-state index is 0.0411. The fourth-order valence-corrected chi connectivity index (χ4v) is 6.02. The molecule has 1 amide bonds. The van der Waals surface area contributed by atoms with Crippen molar-refractivity contribution in [3.8, 4) is 0 Å². The minimum Gasteiger partial charge on any atom is -0.353 e. The van der Waals surface area contributed by atoms with Crippen LogP contribution in [0.15, 0.2) is 0 Å². The maximum absolute atomic E-state index is 12.8. The van der Waals surface area contributed by atoms with Gasteiger partial charge in [0, 0.05) is 17.9 Å². The maximum Gasteiger partial charge on any atom is 0.223 e. The molecule has 4 aliphatic rings. The second kappa shape index (κ2) is 8.58. The summed E-state index contributed by atoms with van der Waals surface area (Å²) < 4.78 is 0. The molecule has 3 N–H and O–H groups in total. The summed E-state index contributed by atoms with van der Waals surface area (Å²) in [5.74, 6) is 2.28. The number of carbonyl (C=O) groups is 2. The fraction of sp³-hybridized carbons (Fsp3) is 0.905. The Bertz CT molecular complexity index is 543. The topological polar surface area (TPSA) is 79.5 Å². The molecule has 1 saturated heterocycles. The van der Waals surface area contributed by atoms with Gasteiger partial charge in [0.2, 0.25) is 5.91 Å². The summed E-state index contributed by atoms with van der Waals surface area (Å²) in [6.07, 6.45) is 12.0. The van der Waals surface area contributed by atoms with Gasteiger partial charge in [-0.2, -0.15) is 5.48 Å². The van der Waals surface area contributed by atoms with Crippen molar-refractivity contribution in [1.29, 1.82) is 0 Å². The Balaban J connectivity index is 1.28. The molecule has 0 aromatic rings. The SMILES string of the molecule is CCC1NC(C2CCC3C(CC[C@H]3NC(=O)C3CCCC(C=O)C3)C2)NO1. The maximum atomic E-state index is 12.8. The van der Waals surface area contributed by atoms with E-state index in [1.54, 1.807) is 0 Å². The van der Waals surface area contributed by atoms with Gasteiger partial charge in [-0.1, -0.05) is 13.3 Å². The van der Waals surface area contributed by atoms with Crippen LogP contribution in [0.3, 0.4) is 0 Å². The lowest BCUT2D eigenvalue weighted by molar-refractivity contribution is -0.128. The van der Waals surface area contributed by atoms with Gasteiger partial charge >= 0.3 is 0 Å². The monoisotopic (exact) mass is 377 g/mol. The molecule has 3 aliphatic carbocycles. The molecule has 6 heteroatoms. The van der Waals surface area contributed by atoms with Crippen LogP contribution >= 0.6 is 0 Å². The van der Waals surface area contributed by atoms with Gasteiger partial charge in [0.05, 0.1) is 6.17 Å². The number of fused-ring (bicyclic) bond motifs is 1. The molecule has 0 spiro atoms. The Morgan fingerprint density at radius 2 is 1.96 bits per heavy atom. The number of nitrogens with one attached hydrogen (secondary N) is 3. The Labute approximate surface area is 162 Å². The van der Waals surface area contributed by atoms with E-state index in [9.17, 15) is 9.59 Å². The van der Waals surface area contributed by atoms with E-state index in [1.165, 1.54) is 25.7 Å². The summed E-state index contributed by atoms with van der Waals surface area (Å²) in [4.78, 5) is 29.5. The highest BCUT2D eigenvalue weighted by Crippen LogP contribution is 2.45. The van der Waals surface area contributed by atoms with Crippen LogP contribution in [0, 0.1) is 29.6 Å². The smallest absolute Gasteiger partial charge is 0.223 e. The molecule has 7 unspecified atom stereocenters. The van der Waals surface area contributed by atoms with Crippen molar-refractivity contribution in [2.24, 2.45) is 29.6 Å². The summed E-state index contributed by atoms with van der Waals surface area (Å²) in [5.41, 5.74) is 3.19. The van der Waals surface area contributed by atoms with Crippen molar-refractivity contribution in [3.05, 3.63) is 0 Å². The number of hydroxylamine groups is 1. The lowest BCUT2D eigenvalue weighted by Gasteiger charge is -2.37. The second-order valence-corrected chi connectivity index (χ2v) is 9.23. The van der Waals surface area contributed by atoms with Crippen LogP contribution in [-0.4, -0.2) is 30.6 Å². The zero-order valence-corrected chi connectivity index (χ0v) is 16.5. The third-order valence-electron chi connectivity index (χ3n) is 7.60. The van der Waals surface area contributed by atoms with Crippen LogP contribution in [-0.2, 0) is 14.4 Å². The highest BCUT2D eigenvalue weighted by Gasteiger charge is 2.44. The highest BCUT2D eigenvalue weighted by atomic mass is 16.7. The predicted molar refractivity (Wildman–Crippen MR) is 102 cm³/mol. The van der Waals surface area contributed by atoms with Gasteiger partial charge in [0.1, 0.15) is 12.5 Å². The van der Waals surface area contributed by atoms with E-state index in [-0.39, 0.29) is 30.1 Å². The van der Waals surface area contributed by atoms with Gasteiger partial charge in [-0.3, -0.25) is 14.9 Å². The first-order chi connectivity index (χ1) is 13.2. The summed E-state index contributed by atoms with van der Waals surface area (Å²) in [5, 5.41) is 6.94. The first-order valence-corrected chi connectivity index (χ1v) is 11.1. The lowest BCUT2D eigenvalue weighted by Crippen LogP contribution is -2.46. The standard InChI is InChI=1S/C21H35N3O3/c1-2-19-23-20(24-27-19)15-6-8-17-14(11-15)7-9-18(17)22-21(26)16-5-3-4-13(10-16)12-25/h12-20,23-24H,2-11H2,1H3,(H,22,26)/t13?,14?,15?,16?,17?,18-,19?,20?/m1/s1. The minimum atomic E-state index is 0.0411. The van der Waals surface area contributed by atoms with Gasteiger partial charge in [-0.15, -0.1) is 0 Å². The molecule has 27 heavy (non-hydrogen) atoms. The van der Waals surface area contributed by atoms with Gasteiger partial charge in [0.25, 0.3) is 0 Å². The van der Waals surface area contributed by atoms with Gasteiger partial charge in [-0.05, 0) is 75.5 Å². The number of hydrogen-bond donors (Lipinski definition) is 3. The van der Waals surface area contributed by atoms with Crippen molar-refractivity contribution in [1.82, 2.24) is 16.1 Å². The fourth-order valence-electron chi connectivity index (χ4n) is 6.02. The van der Waals surface area contributed by atoms with Crippen molar-refractivity contribution < 1.29 is 14.4 Å². The molecule has 0 aromatic heterocycles. The average Bonchev–Trinajstić information content (AvgIpc) is 3.35. The van der Waals surface area contributed by atoms with Crippen LogP contribution in [0.2, 0.25) is 0 Å². The van der Waals surface area contributed by atoms with Crippen LogP contribution in [0.1, 0.15) is 71.1 Å². The predicted octanol–water partition coefficient (Wildman–Crippen LogP) is 2.49. The number of hydrogen-bond acceptors (Lipinski definition) is 5. The molecule has 1 aliphatic heterocycles. The largest absolute Gasteiger partial charge is 0.353 e. The van der Waals surface area contributed by atoms with E-state index in [4.69, 9.17) is 4.84 Å². The molecule has 8 atom stereocenters. The van der Waals surface area contributed by atoms with Crippen molar-refractivity contribution in [2.75, 3.05) is 0 Å². The van der Waals surface area contributed by atoms with Gasteiger partial charge in [0.15, 0.2) is 0 Å². The third-order valence-corrected chi connectivity index (χ3v) is 7.60. The first-order valence-electron chi connectivity index (χ1n) is 11.1. The van der Waals surface area contributed by atoms with E-state index in [0.29, 0.717) is 23.8 Å². The molecule has 0 radical (unpaired) electrons. The third kappa shape index (κ3) is 4.22. The molecule has 4 fully saturated rings. The van der Waals surface area contributed by atoms with E-state index < -0.39 is 0 Å². The van der Waals surface area contributed by atoms with Gasteiger partial charge < -0.3 is 10.1 Å². The van der Waals surface area contributed by atoms with Crippen molar-refractivity contribution >= 4 is 12.2 Å². The van der Waals surface area contributed by atoms with Crippen LogP contribution in [0.25, 0.3) is 0 Å². The second-order valence-electron chi connectivity index (χ2n) is 9.23. The number of aldehydes is 1. The average molecular weight is 378 g/mol. The summed E-state index contributed by atoms with van der Waals surface area (Å²) in [7, 11) is 0. The molecule has 0 bridgehead atoms. The number of rotatable bonds is 5. The summed E-state index contributed by atoms with van der Waals surface area (Å²) in [6, 6.07) is 0.337. The van der Waals surface area contributed by atoms with E-state index >= 15 is 0 Å². The summed E-state index contributed by atoms with van der Waals surface area (Å²) in [6.45, 7) is 2.13. The van der Waals surface area contributed by atoms with Crippen LogP contribution in [0.4, 0.5) is 0 Å². The molecule has 6 nitrogen and oxygen atoms in total. The lowest BCUT2D eigenvalue weighted by atomic mass is 9.73. The number of carbonyl (C=O) groups excluding carboxylic acids is 2. The van der Waals surface area contributed by atoms with E-state index in [1.807, 2.05) is 0 Å². The molecule has 0 aromatic carbocycles. The van der Waals surface area contributed by atoms with Crippen LogP contribution in [0.5, 0.6) is 0 Å². The normalized spacial score (nSPS) is 44.6. The zero-order valence-electron chi connectivity index (χ0n) is 16.5. The molecular formula is C21H35N3O3. The van der Waals surface area contributed by atoms with E-state index in [2.05, 4.69) is 23.0 Å². The number of amides is 1. The van der Waals surface area contributed by atoms with Gasteiger partial charge in [-0.25, -0.2) is 0 Å². The zero-order chi connectivity index (χ0) is 18.8. The Morgan fingerprint density at radius 3 is 2.74 bits per heavy atom. The molecule has 3 saturated carbocycles. The molecular weight excluding hydrogens is 342 g/mol. The Kier molecular flexibility index (Phi) is 6.15. The van der Waals surface area contributed by atoms with E-state index in [0.717, 1.165) is 44.8 Å². The quantitative estimate of drug-likeness (QED) is 0.642. The Morgan fingerprint density at radius 1 is 1.11 bits per heavy atom. The highest BCUT2D eigenvalue weighted by molar-refractivity contribution is 5.79. The van der Waals surface area contributed by atoms with Crippen LogP contribution < -0.4 is 16.1 Å². The molecule has 4 rings (SSSR count). The van der Waals surface area contributed by atoms with Crippen molar-refractivity contribution in [3.63, 3.8) is 0 Å². The first kappa shape index (κ1) is 19.3. The van der Waals surface area contributed by atoms with Crippen molar-refractivity contribution in [2.45, 2.75) is 89.6 Å². The molecule has 152 valence electrons. The molecule has 1 heterocycles. The summed E-state index contributed by atoms with van der Waals surface area (Å²) >= 11 is 0.